The molecule has 3 aromatic rings. The zero-order valence-electron chi connectivity index (χ0n) is 12.5. The van der Waals surface area contributed by atoms with Crippen LogP contribution in [0, 0.1) is 6.92 Å². The van der Waals surface area contributed by atoms with Crippen molar-refractivity contribution in [3.8, 4) is 0 Å². The molecule has 0 amide bonds. The zero-order chi connectivity index (χ0) is 15.5. The Morgan fingerprint density at radius 3 is 2.77 bits per heavy atom. The molecule has 110 valence electrons. The molecule has 0 unspecified atom stereocenters. The van der Waals surface area contributed by atoms with Gasteiger partial charge in [0.05, 0.1) is 12.7 Å². The van der Waals surface area contributed by atoms with E-state index in [4.69, 9.17) is 4.74 Å². The first kappa shape index (κ1) is 14.2. The normalized spacial score (nSPS) is 10.6. The molecule has 2 heterocycles. The van der Waals surface area contributed by atoms with E-state index in [9.17, 15) is 4.79 Å². The van der Waals surface area contributed by atoms with Gasteiger partial charge in [0.15, 0.2) is 0 Å². The first-order chi connectivity index (χ1) is 10.7. The smallest absolute Gasteiger partial charge is 0.337 e. The molecule has 0 radical (unpaired) electrons. The Morgan fingerprint density at radius 2 is 1.95 bits per heavy atom. The number of ether oxygens (including phenoxy) is 1. The summed E-state index contributed by atoms with van der Waals surface area (Å²) in [5.41, 5.74) is 3.50. The molecule has 3 rings (SSSR count). The highest BCUT2D eigenvalue weighted by atomic mass is 16.5. The van der Waals surface area contributed by atoms with Crippen LogP contribution < -0.4 is 0 Å². The second-order valence-electron chi connectivity index (χ2n) is 5.21. The predicted molar refractivity (Wildman–Crippen MR) is 84.9 cm³/mol. The van der Waals surface area contributed by atoms with Crippen molar-refractivity contribution in [3.05, 3.63) is 71.3 Å². The van der Waals surface area contributed by atoms with E-state index >= 15 is 0 Å². The quantitative estimate of drug-likeness (QED) is 0.695. The van der Waals surface area contributed by atoms with Crippen LogP contribution in [-0.4, -0.2) is 23.0 Å². The fraction of sp³-hybridized carbons (Fsp3) is 0.167. The Bertz CT molecular complexity index is 843. The maximum absolute atomic E-state index is 11.6. The van der Waals surface area contributed by atoms with Crippen LogP contribution in [0.2, 0.25) is 0 Å². The highest BCUT2D eigenvalue weighted by molar-refractivity contribution is 5.89. The highest BCUT2D eigenvalue weighted by Gasteiger charge is 2.07. The number of aryl methyl sites for hydroxylation is 1. The Balaban J connectivity index is 1.91. The molecule has 0 aliphatic carbocycles. The summed E-state index contributed by atoms with van der Waals surface area (Å²) in [6.07, 6.45) is 4.18. The van der Waals surface area contributed by atoms with Crippen LogP contribution in [0.5, 0.6) is 0 Å². The van der Waals surface area contributed by atoms with Gasteiger partial charge in [0.25, 0.3) is 0 Å². The fourth-order valence-corrected chi connectivity index (χ4v) is 2.44. The van der Waals surface area contributed by atoms with Crippen LogP contribution in [0.1, 0.15) is 27.3 Å². The molecule has 1 aromatic carbocycles. The maximum Gasteiger partial charge on any atom is 0.337 e. The van der Waals surface area contributed by atoms with Crippen molar-refractivity contribution in [2.24, 2.45) is 0 Å². The summed E-state index contributed by atoms with van der Waals surface area (Å²) in [6, 6.07) is 11.7. The number of nitrogens with zero attached hydrogens (tertiary/aromatic N) is 2. The fourth-order valence-electron chi connectivity index (χ4n) is 2.44. The number of benzene rings is 1. The number of hydrogen-bond donors (Lipinski definition) is 0. The van der Waals surface area contributed by atoms with E-state index in [1.54, 1.807) is 18.3 Å². The van der Waals surface area contributed by atoms with Gasteiger partial charge in [0, 0.05) is 35.6 Å². The van der Waals surface area contributed by atoms with Crippen LogP contribution in [0.15, 0.2) is 48.8 Å². The molecule has 0 atom stereocenters. The third-order valence-electron chi connectivity index (χ3n) is 3.55. The summed E-state index contributed by atoms with van der Waals surface area (Å²) in [7, 11) is 1.38. The molecule has 0 N–H and O–H groups in total. The maximum atomic E-state index is 11.6. The van der Waals surface area contributed by atoms with Crippen LogP contribution in [0.25, 0.3) is 10.8 Å². The lowest BCUT2D eigenvalue weighted by Gasteiger charge is -2.06. The summed E-state index contributed by atoms with van der Waals surface area (Å²) in [4.78, 5) is 20.2. The average Bonchev–Trinajstić information content (AvgIpc) is 2.54. The Morgan fingerprint density at radius 1 is 1.09 bits per heavy atom. The summed E-state index contributed by atoms with van der Waals surface area (Å²) >= 11 is 0. The number of fused-ring (bicyclic) bond motifs is 1. The van der Waals surface area contributed by atoms with E-state index in [2.05, 4.69) is 34.2 Å². The van der Waals surface area contributed by atoms with Crippen molar-refractivity contribution in [2.75, 3.05) is 7.11 Å². The van der Waals surface area contributed by atoms with E-state index in [1.807, 2.05) is 13.1 Å². The molecule has 0 bridgehead atoms. The number of carbonyl (C=O) groups excluding carboxylic acids is 1. The number of esters is 1. The summed E-state index contributed by atoms with van der Waals surface area (Å²) < 4.78 is 4.74. The highest BCUT2D eigenvalue weighted by Crippen LogP contribution is 2.18. The molecule has 0 spiro atoms. The third kappa shape index (κ3) is 2.96. The zero-order valence-corrected chi connectivity index (χ0v) is 12.5. The predicted octanol–water partition coefficient (Wildman–Crippen LogP) is 3.32. The Labute approximate surface area is 128 Å². The van der Waals surface area contributed by atoms with Crippen molar-refractivity contribution in [1.82, 2.24) is 9.97 Å². The molecule has 0 aliphatic rings. The van der Waals surface area contributed by atoms with Gasteiger partial charge in [-0.25, -0.2) is 4.79 Å². The Hall–Kier alpha value is -2.75. The SMILES string of the molecule is COC(=O)c1ccnc(Cc2ccc3cnc(C)cc3c2)c1. The van der Waals surface area contributed by atoms with Gasteiger partial charge in [0.1, 0.15) is 0 Å². The van der Waals surface area contributed by atoms with E-state index in [0.717, 1.165) is 27.7 Å². The van der Waals surface area contributed by atoms with Crippen molar-refractivity contribution < 1.29 is 9.53 Å². The molecule has 0 aliphatic heterocycles. The summed E-state index contributed by atoms with van der Waals surface area (Å²) in [6.45, 7) is 1.98. The average molecular weight is 292 g/mol. The number of carbonyl (C=O) groups is 1. The summed E-state index contributed by atoms with van der Waals surface area (Å²) in [5, 5.41) is 2.28. The van der Waals surface area contributed by atoms with Gasteiger partial charge in [-0.05, 0) is 36.1 Å². The first-order valence-electron chi connectivity index (χ1n) is 7.04. The van der Waals surface area contributed by atoms with E-state index < -0.39 is 0 Å². The van der Waals surface area contributed by atoms with Gasteiger partial charge in [0.2, 0.25) is 0 Å². The minimum Gasteiger partial charge on any atom is -0.465 e. The topological polar surface area (TPSA) is 52.1 Å². The second kappa shape index (κ2) is 5.93. The van der Waals surface area contributed by atoms with Crippen molar-refractivity contribution in [2.45, 2.75) is 13.3 Å². The number of pyridine rings is 2. The first-order valence-corrected chi connectivity index (χ1v) is 7.04. The minimum absolute atomic E-state index is 0.344. The van der Waals surface area contributed by atoms with Crippen LogP contribution in [0.3, 0.4) is 0 Å². The van der Waals surface area contributed by atoms with Crippen LogP contribution in [0.4, 0.5) is 0 Å². The molecule has 0 saturated heterocycles. The summed E-state index contributed by atoms with van der Waals surface area (Å²) in [5.74, 6) is -0.344. The van der Waals surface area contributed by atoms with Crippen molar-refractivity contribution >= 4 is 16.7 Å². The number of rotatable bonds is 3. The molecule has 22 heavy (non-hydrogen) atoms. The van der Waals surface area contributed by atoms with Crippen molar-refractivity contribution in [3.63, 3.8) is 0 Å². The lowest BCUT2D eigenvalue weighted by atomic mass is 10.0. The molecular weight excluding hydrogens is 276 g/mol. The lowest BCUT2D eigenvalue weighted by Crippen LogP contribution is -2.03. The molecule has 2 aromatic heterocycles. The monoisotopic (exact) mass is 292 g/mol. The molecule has 0 saturated carbocycles. The van der Waals surface area contributed by atoms with Crippen molar-refractivity contribution in [1.29, 1.82) is 0 Å². The van der Waals surface area contributed by atoms with Gasteiger partial charge in [-0.3, -0.25) is 9.97 Å². The Kier molecular flexibility index (Phi) is 3.83. The van der Waals surface area contributed by atoms with Crippen LogP contribution >= 0.6 is 0 Å². The van der Waals surface area contributed by atoms with Gasteiger partial charge < -0.3 is 4.74 Å². The lowest BCUT2D eigenvalue weighted by molar-refractivity contribution is 0.0600. The second-order valence-corrected chi connectivity index (χ2v) is 5.21. The van der Waals surface area contributed by atoms with Gasteiger partial charge in [-0.1, -0.05) is 18.2 Å². The molecule has 4 heteroatoms. The minimum atomic E-state index is -0.344. The molecular formula is C18H16N2O2. The van der Waals surface area contributed by atoms with E-state index in [1.165, 1.54) is 7.11 Å². The van der Waals surface area contributed by atoms with E-state index in [-0.39, 0.29) is 5.97 Å². The van der Waals surface area contributed by atoms with Gasteiger partial charge in [-0.15, -0.1) is 0 Å². The molecule has 4 nitrogen and oxygen atoms in total. The third-order valence-corrected chi connectivity index (χ3v) is 3.55. The van der Waals surface area contributed by atoms with Gasteiger partial charge >= 0.3 is 5.97 Å². The number of aromatic nitrogens is 2. The number of methoxy groups -OCH3 is 1. The molecule has 0 fully saturated rings. The van der Waals surface area contributed by atoms with E-state index in [0.29, 0.717) is 12.0 Å². The van der Waals surface area contributed by atoms with Crippen LogP contribution in [-0.2, 0) is 11.2 Å². The largest absolute Gasteiger partial charge is 0.465 e. The van der Waals surface area contributed by atoms with Gasteiger partial charge in [-0.2, -0.15) is 0 Å². The number of hydrogen-bond acceptors (Lipinski definition) is 4. The standard InChI is InChI=1S/C18H16N2O2/c1-12-7-16-8-13(3-4-15(16)11-20-12)9-17-10-14(5-6-19-17)18(21)22-2/h3-8,10-11H,9H2,1-2H3.